The average molecular weight is 320 g/mol. The summed E-state index contributed by atoms with van der Waals surface area (Å²) >= 11 is 1.65. The third-order valence-electron chi connectivity index (χ3n) is 3.22. The van der Waals surface area contributed by atoms with Crippen molar-refractivity contribution in [2.45, 2.75) is 6.04 Å². The zero-order valence-corrected chi connectivity index (χ0v) is 13.7. The summed E-state index contributed by atoms with van der Waals surface area (Å²) in [5, 5.41) is 9.76. The third kappa shape index (κ3) is 4.19. The predicted molar refractivity (Wildman–Crippen MR) is 88.6 cm³/mol. The fourth-order valence-electron chi connectivity index (χ4n) is 2.07. The second-order valence-electron chi connectivity index (χ2n) is 4.93. The largest absolute Gasteiger partial charge is 0.480 e. The number of urea groups is 1. The molecule has 0 aromatic carbocycles. The van der Waals surface area contributed by atoms with Crippen LogP contribution in [0.25, 0.3) is 0 Å². The SMILES string of the molecule is COc1ncccc1NC(=O)NC[C@H](c1ccsc1)N(C)C. The van der Waals surface area contributed by atoms with E-state index in [0.717, 1.165) is 0 Å². The Morgan fingerprint density at radius 2 is 2.27 bits per heavy atom. The Labute approximate surface area is 134 Å². The van der Waals surface area contributed by atoms with E-state index in [1.54, 1.807) is 29.7 Å². The van der Waals surface area contributed by atoms with Crippen molar-refractivity contribution in [1.29, 1.82) is 0 Å². The van der Waals surface area contributed by atoms with Crippen molar-refractivity contribution in [1.82, 2.24) is 15.2 Å². The Balaban J connectivity index is 1.94. The van der Waals surface area contributed by atoms with Gasteiger partial charge in [0.05, 0.1) is 13.2 Å². The zero-order valence-electron chi connectivity index (χ0n) is 12.9. The first-order chi connectivity index (χ1) is 10.6. The third-order valence-corrected chi connectivity index (χ3v) is 3.92. The second kappa shape index (κ2) is 7.77. The van der Waals surface area contributed by atoms with Crippen LogP contribution in [0.2, 0.25) is 0 Å². The molecule has 0 aliphatic heterocycles. The van der Waals surface area contributed by atoms with Crippen LogP contribution in [0.3, 0.4) is 0 Å². The van der Waals surface area contributed by atoms with Gasteiger partial charge in [-0.05, 0) is 48.6 Å². The highest BCUT2D eigenvalue weighted by molar-refractivity contribution is 7.07. The van der Waals surface area contributed by atoms with Crippen LogP contribution in [0.1, 0.15) is 11.6 Å². The maximum atomic E-state index is 12.1. The minimum Gasteiger partial charge on any atom is -0.480 e. The molecule has 0 aliphatic rings. The number of anilines is 1. The van der Waals surface area contributed by atoms with Gasteiger partial charge in [0.15, 0.2) is 0 Å². The Hall–Kier alpha value is -2.12. The van der Waals surface area contributed by atoms with Gasteiger partial charge in [-0.1, -0.05) is 0 Å². The van der Waals surface area contributed by atoms with E-state index in [9.17, 15) is 4.79 Å². The molecule has 1 atom stereocenters. The van der Waals surface area contributed by atoms with Crippen molar-refractivity contribution >= 4 is 23.1 Å². The summed E-state index contributed by atoms with van der Waals surface area (Å²) < 4.78 is 5.11. The number of carbonyl (C=O) groups is 1. The molecule has 0 unspecified atom stereocenters. The van der Waals surface area contributed by atoms with E-state index in [0.29, 0.717) is 18.1 Å². The van der Waals surface area contributed by atoms with Crippen LogP contribution in [0.15, 0.2) is 35.2 Å². The normalized spacial score (nSPS) is 12.0. The van der Waals surface area contributed by atoms with Crippen LogP contribution in [-0.2, 0) is 0 Å². The molecule has 0 bridgehead atoms. The Kier molecular flexibility index (Phi) is 5.74. The summed E-state index contributed by atoms with van der Waals surface area (Å²) in [7, 11) is 5.50. The van der Waals surface area contributed by atoms with Crippen LogP contribution in [0.5, 0.6) is 5.88 Å². The minimum atomic E-state index is -0.284. The first kappa shape index (κ1) is 16.3. The molecule has 0 radical (unpaired) electrons. The number of nitrogens with zero attached hydrogens (tertiary/aromatic N) is 2. The number of nitrogens with one attached hydrogen (secondary N) is 2. The molecule has 2 rings (SSSR count). The van der Waals surface area contributed by atoms with Crippen molar-refractivity contribution in [2.24, 2.45) is 0 Å². The molecule has 0 saturated carbocycles. The lowest BCUT2D eigenvalue weighted by atomic mass is 10.1. The van der Waals surface area contributed by atoms with Gasteiger partial charge in [-0.25, -0.2) is 9.78 Å². The smallest absolute Gasteiger partial charge is 0.319 e. The Morgan fingerprint density at radius 3 is 2.91 bits per heavy atom. The van der Waals surface area contributed by atoms with Crippen LogP contribution >= 0.6 is 11.3 Å². The summed E-state index contributed by atoms with van der Waals surface area (Å²) in [4.78, 5) is 18.2. The van der Waals surface area contributed by atoms with E-state index >= 15 is 0 Å². The topological polar surface area (TPSA) is 66.5 Å². The summed E-state index contributed by atoms with van der Waals surface area (Å²) in [5.74, 6) is 0.389. The standard InChI is InChI=1S/C15H20N4O2S/c1-19(2)13(11-6-8-22-10-11)9-17-15(20)18-12-5-4-7-16-14(12)21-3/h4-8,10,13H,9H2,1-3H3,(H2,17,18,20)/t13-/m1/s1. The minimum absolute atomic E-state index is 0.132. The van der Waals surface area contributed by atoms with Crippen LogP contribution in [0.4, 0.5) is 10.5 Å². The molecule has 7 heteroatoms. The molecular formula is C15H20N4O2S. The highest BCUT2D eigenvalue weighted by Crippen LogP contribution is 2.21. The Bertz CT molecular complexity index is 601. The van der Waals surface area contributed by atoms with Gasteiger partial charge in [0.25, 0.3) is 0 Å². The van der Waals surface area contributed by atoms with Crippen molar-refractivity contribution in [3.8, 4) is 5.88 Å². The highest BCUT2D eigenvalue weighted by atomic mass is 32.1. The molecule has 2 amide bonds. The Morgan fingerprint density at radius 1 is 1.45 bits per heavy atom. The van der Waals surface area contributed by atoms with Gasteiger partial charge in [0.1, 0.15) is 5.69 Å². The number of hydrogen-bond acceptors (Lipinski definition) is 5. The van der Waals surface area contributed by atoms with Gasteiger partial charge in [-0.15, -0.1) is 0 Å². The van der Waals surface area contributed by atoms with Gasteiger partial charge in [-0.2, -0.15) is 11.3 Å². The molecule has 2 aromatic rings. The fraction of sp³-hybridized carbons (Fsp3) is 0.333. The van der Waals surface area contributed by atoms with Crippen LogP contribution < -0.4 is 15.4 Å². The summed E-state index contributed by atoms with van der Waals surface area (Å²) in [6.45, 7) is 0.512. The maximum absolute atomic E-state index is 12.1. The molecule has 22 heavy (non-hydrogen) atoms. The lowest BCUT2D eigenvalue weighted by Crippen LogP contribution is -2.36. The van der Waals surface area contributed by atoms with Crippen LogP contribution in [-0.4, -0.2) is 43.7 Å². The molecule has 0 fully saturated rings. The molecular weight excluding hydrogens is 300 g/mol. The molecule has 2 aromatic heterocycles. The lowest BCUT2D eigenvalue weighted by Gasteiger charge is -2.24. The summed E-state index contributed by atoms with van der Waals surface area (Å²) in [5.41, 5.74) is 1.73. The van der Waals surface area contributed by atoms with E-state index in [1.165, 1.54) is 12.7 Å². The van der Waals surface area contributed by atoms with E-state index in [2.05, 4.69) is 32.0 Å². The van der Waals surface area contributed by atoms with E-state index in [4.69, 9.17) is 4.74 Å². The molecule has 0 aliphatic carbocycles. The lowest BCUT2D eigenvalue weighted by molar-refractivity contribution is 0.243. The van der Waals surface area contributed by atoms with E-state index in [-0.39, 0.29) is 12.1 Å². The van der Waals surface area contributed by atoms with Crippen molar-refractivity contribution in [3.63, 3.8) is 0 Å². The maximum Gasteiger partial charge on any atom is 0.319 e. The molecule has 2 heterocycles. The van der Waals surface area contributed by atoms with Gasteiger partial charge >= 0.3 is 6.03 Å². The highest BCUT2D eigenvalue weighted by Gasteiger charge is 2.16. The predicted octanol–water partition coefficient (Wildman–Crippen LogP) is 2.58. The quantitative estimate of drug-likeness (QED) is 0.858. The van der Waals surface area contributed by atoms with Crippen molar-refractivity contribution in [2.75, 3.05) is 33.1 Å². The summed E-state index contributed by atoms with van der Waals surface area (Å²) in [6.07, 6.45) is 1.61. The number of likely N-dealkylation sites (N-methyl/N-ethyl adjacent to an activating group) is 1. The number of rotatable bonds is 6. The number of methoxy groups -OCH3 is 1. The molecule has 0 saturated heterocycles. The molecule has 2 N–H and O–H groups in total. The van der Waals surface area contributed by atoms with E-state index < -0.39 is 0 Å². The van der Waals surface area contributed by atoms with E-state index in [1.807, 2.05) is 19.5 Å². The van der Waals surface area contributed by atoms with Gasteiger partial charge in [0, 0.05) is 12.7 Å². The number of ether oxygens (including phenoxy) is 1. The number of thiophene rings is 1. The van der Waals surface area contributed by atoms with Crippen molar-refractivity contribution in [3.05, 3.63) is 40.7 Å². The molecule has 6 nitrogen and oxygen atoms in total. The number of carbonyl (C=O) groups excluding carboxylic acids is 1. The van der Waals surface area contributed by atoms with Crippen molar-refractivity contribution < 1.29 is 9.53 Å². The number of amides is 2. The summed E-state index contributed by atoms with van der Waals surface area (Å²) in [6, 6.07) is 5.40. The fourth-order valence-corrected chi connectivity index (χ4v) is 2.77. The number of hydrogen-bond donors (Lipinski definition) is 2. The first-order valence-electron chi connectivity index (χ1n) is 6.84. The number of aromatic nitrogens is 1. The van der Waals surface area contributed by atoms with Gasteiger partial charge < -0.3 is 20.3 Å². The second-order valence-corrected chi connectivity index (χ2v) is 5.71. The first-order valence-corrected chi connectivity index (χ1v) is 7.78. The monoisotopic (exact) mass is 320 g/mol. The number of pyridine rings is 1. The average Bonchev–Trinajstić information content (AvgIpc) is 3.01. The zero-order chi connectivity index (χ0) is 15.9. The molecule has 0 spiro atoms. The molecule has 118 valence electrons. The van der Waals surface area contributed by atoms with Crippen LogP contribution in [0, 0.1) is 0 Å². The van der Waals surface area contributed by atoms with Gasteiger partial charge in [0.2, 0.25) is 5.88 Å². The van der Waals surface area contributed by atoms with Gasteiger partial charge in [-0.3, -0.25) is 0 Å².